The molecular weight excluding hydrogens is 282 g/mol. The molecule has 0 atom stereocenters. The van der Waals surface area contributed by atoms with Gasteiger partial charge in [0.2, 0.25) is 0 Å². The van der Waals surface area contributed by atoms with Gasteiger partial charge in [0, 0.05) is 36.5 Å². The summed E-state index contributed by atoms with van der Waals surface area (Å²) in [5.41, 5.74) is 1.94. The van der Waals surface area contributed by atoms with Crippen LogP contribution in [0.5, 0.6) is 5.75 Å². The first-order valence-corrected chi connectivity index (χ1v) is 7.76. The van der Waals surface area contributed by atoms with Crippen molar-refractivity contribution in [1.29, 1.82) is 0 Å². The van der Waals surface area contributed by atoms with Gasteiger partial charge in [0.25, 0.3) is 0 Å². The molecule has 3 rings (SSSR count). The molecule has 2 heterocycles. The van der Waals surface area contributed by atoms with Gasteiger partial charge in [-0.25, -0.2) is 9.97 Å². The maximum atomic E-state index is 5.37. The summed E-state index contributed by atoms with van der Waals surface area (Å²) in [4.78, 5) is 8.95. The van der Waals surface area contributed by atoms with Gasteiger partial charge in [-0.3, -0.25) is 0 Å². The maximum absolute atomic E-state index is 5.37. The van der Waals surface area contributed by atoms with Crippen LogP contribution in [0.15, 0.2) is 41.9 Å². The van der Waals surface area contributed by atoms with Crippen LogP contribution in [0.25, 0.3) is 10.9 Å². The number of thiazole rings is 1. The Morgan fingerprint density at radius 1 is 1.24 bits per heavy atom. The van der Waals surface area contributed by atoms with Gasteiger partial charge in [0.15, 0.2) is 0 Å². The summed E-state index contributed by atoms with van der Waals surface area (Å²) in [6.45, 7) is 1.65. The summed E-state index contributed by atoms with van der Waals surface area (Å²) in [6, 6.07) is 10.1. The number of rotatable bonds is 6. The van der Waals surface area contributed by atoms with Crippen LogP contribution in [-0.2, 0) is 13.0 Å². The smallest absolute Gasteiger partial charge is 0.145 e. The topological polar surface area (TPSA) is 47.0 Å². The van der Waals surface area contributed by atoms with Gasteiger partial charge < -0.3 is 10.1 Å². The standard InChI is InChI=1S/C16H17N3OS/c1-20-14-4-2-3-12-5-6-13(19-16(12)14)11-17-8-7-15-18-9-10-21-15/h2-6,9-10,17H,7-8,11H2,1H3. The molecule has 1 N–H and O–H groups in total. The molecule has 0 saturated heterocycles. The van der Waals surface area contributed by atoms with Crippen LogP contribution >= 0.6 is 11.3 Å². The van der Waals surface area contributed by atoms with E-state index < -0.39 is 0 Å². The van der Waals surface area contributed by atoms with E-state index in [1.54, 1.807) is 18.4 Å². The van der Waals surface area contributed by atoms with Gasteiger partial charge >= 0.3 is 0 Å². The highest BCUT2D eigenvalue weighted by atomic mass is 32.1. The van der Waals surface area contributed by atoms with Crippen LogP contribution in [0.3, 0.4) is 0 Å². The lowest BCUT2D eigenvalue weighted by molar-refractivity contribution is 0.418. The highest BCUT2D eigenvalue weighted by Gasteiger charge is 2.04. The molecule has 108 valence electrons. The number of aromatic nitrogens is 2. The zero-order chi connectivity index (χ0) is 14.5. The average Bonchev–Trinajstić information content (AvgIpc) is 3.04. The second-order valence-electron chi connectivity index (χ2n) is 4.69. The lowest BCUT2D eigenvalue weighted by Crippen LogP contribution is -2.17. The normalized spacial score (nSPS) is 10.9. The lowest BCUT2D eigenvalue weighted by Gasteiger charge is -2.07. The fraction of sp³-hybridized carbons (Fsp3) is 0.250. The summed E-state index contributed by atoms with van der Waals surface area (Å²) in [6.07, 6.45) is 2.80. The summed E-state index contributed by atoms with van der Waals surface area (Å²) in [5, 5.41) is 7.67. The van der Waals surface area contributed by atoms with Gasteiger partial charge in [-0.15, -0.1) is 11.3 Å². The molecule has 0 fully saturated rings. The minimum Gasteiger partial charge on any atom is -0.494 e. The summed E-state index contributed by atoms with van der Waals surface area (Å²) in [7, 11) is 1.68. The second-order valence-corrected chi connectivity index (χ2v) is 5.67. The predicted octanol–water partition coefficient (Wildman–Crippen LogP) is 3.03. The third-order valence-electron chi connectivity index (χ3n) is 3.27. The molecule has 0 radical (unpaired) electrons. The van der Waals surface area contributed by atoms with E-state index in [1.807, 2.05) is 29.8 Å². The van der Waals surface area contributed by atoms with Crippen molar-refractivity contribution in [3.05, 3.63) is 52.6 Å². The quantitative estimate of drug-likeness (QED) is 0.711. The number of hydrogen-bond acceptors (Lipinski definition) is 5. The van der Waals surface area contributed by atoms with Crippen LogP contribution in [0.2, 0.25) is 0 Å². The number of nitrogens with zero attached hydrogens (tertiary/aromatic N) is 2. The molecule has 2 aromatic heterocycles. The monoisotopic (exact) mass is 299 g/mol. The first-order valence-electron chi connectivity index (χ1n) is 6.88. The minimum atomic E-state index is 0.749. The number of pyridine rings is 1. The number of benzene rings is 1. The Balaban J connectivity index is 1.64. The Morgan fingerprint density at radius 3 is 3.00 bits per heavy atom. The lowest BCUT2D eigenvalue weighted by atomic mass is 10.2. The fourth-order valence-electron chi connectivity index (χ4n) is 2.21. The van der Waals surface area contributed by atoms with E-state index in [1.165, 1.54) is 0 Å². The molecule has 5 heteroatoms. The molecule has 0 aliphatic rings. The molecule has 21 heavy (non-hydrogen) atoms. The number of methoxy groups -OCH3 is 1. The summed E-state index contributed by atoms with van der Waals surface area (Å²) >= 11 is 1.69. The van der Waals surface area contributed by atoms with Crippen LogP contribution in [0, 0.1) is 0 Å². The van der Waals surface area contributed by atoms with E-state index >= 15 is 0 Å². The predicted molar refractivity (Wildman–Crippen MR) is 85.8 cm³/mol. The average molecular weight is 299 g/mol. The second kappa shape index (κ2) is 6.65. The van der Waals surface area contributed by atoms with Gasteiger partial charge in [0.05, 0.1) is 17.8 Å². The summed E-state index contributed by atoms with van der Waals surface area (Å²) in [5.74, 6) is 0.817. The van der Waals surface area contributed by atoms with E-state index in [0.717, 1.165) is 46.9 Å². The van der Waals surface area contributed by atoms with Crippen LogP contribution in [-0.4, -0.2) is 23.6 Å². The first kappa shape index (κ1) is 14.0. The molecular formula is C16H17N3OS. The third kappa shape index (κ3) is 3.37. The fourth-order valence-corrected chi connectivity index (χ4v) is 2.83. The van der Waals surface area contributed by atoms with Crippen molar-refractivity contribution in [3.8, 4) is 5.75 Å². The number of ether oxygens (including phenoxy) is 1. The van der Waals surface area contributed by atoms with Gasteiger partial charge in [-0.2, -0.15) is 0 Å². The number of hydrogen-bond donors (Lipinski definition) is 1. The van der Waals surface area contributed by atoms with Crippen molar-refractivity contribution in [2.75, 3.05) is 13.7 Å². The Morgan fingerprint density at radius 2 is 2.19 bits per heavy atom. The number of para-hydroxylation sites is 1. The molecule has 1 aromatic carbocycles. The summed E-state index contributed by atoms with van der Waals surface area (Å²) < 4.78 is 5.37. The zero-order valence-corrected chi connectivity index (χ0v) is 12.7. The van der Waals surface area contributed by atoms with E-state index in [-0.39, 0.29) is 0 Å². The molecule has 0 spiro atoms. The molecule has 0 amide bonds. The molecule has 3 aromatic rings. The van der Waals surface area contributed by atoms with E-state index in [0.29, 0.717) is 0 Å². The highest BCUT2D eigenvalue weighted by Crippen LogP contribution is 2.23. The van der Waals surface area contributed by atoms with Crippen molar-refractivity contribution in [1.82, 2.24) is 15.3 Å². The van der Waals surface area contributed by atoms with Gasteiger partial charge in [-0.1, -0.05) is 18.2 Å². The SMILES string of the molecule is COc1cccc2ccc(CNCCc3nccs3)nc12. The maximum Gasteiger partial charge on any atom is 0.145 e. The number of nitrogens with one attached hydrogen (secondary N) is 1. The molecule has 0 saturated carbocycles. The molecule has 4 nitrogen and oxygen atoms in total. The van der Waals surface area contributed by atoms with Crippen molar-refractivity contribution >= 4 is 22.2 Å². The van der Waals surface area contributed by atoms with Crippen molar-refractivity contribution in [2.24, 2.45) is 0 Å². The largest absolute Gasteiger partial charge is 0.494 e. The van der Waals surface area contributed by atoms with Crippen LogP contribution in [0.1, 0.15) is 10.7 Å². The van der Waals surface area contributed by atoms with E-state index in [9.17, 15) is 0 Å². The number of fused-ring (bicyclic) bond motifs is 1. The van der Waals surface area contributed by atoms with Crippen LogP contribution < -0.4 is 10.1 Å². The Kier molecular flexibility index (Phi) is 4.43. The van der Waals surface area contributed by atoms with Crippen LogP contribution in [0.4, 0.5) is 0 Å². The minimum absolute atomic E-state index is 0.749. The molecule has 0 bridgehead atoms. The van der Waals surface area contributed by atoms with E-state index in [2.05, 4.69) is 27.4 Å². The zero-order valence-electron chi connectivity index (χ0n) is 11.9. The molecule has 0 aliphatic carbocycles. The van der Waals surface area contributed by atoms with Gasteiger partial charge in [0.1, 0.15) is 11.3 Å². The van der Waals surface area contributed by atoms with Gasteiger partial charge in [-0.05, 0) is 12.1 Å². The first-order chi connectivity index (χ1) is 10.4. The molecule has 0 unspecified atom stereocenters. The van der Waals surface area contributed by atoms with Crippen molar-refractivity contribution in [2.45, 2.75) is 13.0 Å². The highest BCUT2D eigenvalue weighted by molar-refractivity contribution is 7.09. The third-order valence-corrected chi connectivity index (χ3v) is 4.11. The Labute approximate surface area is 127 Å². The van der Waals surface area contributed by atoms with Crippen molar-refractivity contribution < 1.29 is 4.74 Å². The Hall–Kier alpha value is -1.98. The Bertz CT molecular complexity index is 713. The van der Waals surface area contributed by atoms with E-state index in [4.69, 9.17) is 4.74 Å². The van der Waals surface area contributed by atoms with Crippen molar-refractivity contribution in [3.63, 3.8) is 0 Å². The molecule has 0 aliphatic heterocycles.